The van der Waals surface area contributed by atoms with Crippen molar-refractivity contribution >= 4 is 11.6 Å². The fourth-order valence-corrected chi connectivity index (χ4v) is 2.03. The molecule has 2 rings (SSSR count). The summed E-state index contributed by atoms with van der Waals surface area (Å²) in [6.45, 7) is 6.87. The molecule has 2 aromatic heterocycles. The number of carbonyl (C=O) groups excluding carboxylic acids is 1. The number of rotatable bonds is 5. The second kappa shape index (κ2) is 5.81. The second-order valence-electron chi connectivity index (χ2n) is 4.95. The van der Waals surface area contributed by atoms with Crippen LogP contribution in [0.3, 0.4) is 0 Å². The fourth-order valence-electron chi connectivity index (χ4n) is 2.03. The molecule has 0 bridgehead atoms. The molecule has 0 fully saturated rings. The lowest BCUT2D eigenvalue weighted by Gasteiger charge is -2.18. The number of aromatic nitrogens is 2. The van der Waals surface area contributed by atoms with E-state index in [2.05, 4.69) is 10.2 Å². The Morgan fingerprint density at radius 1 is 1.55 bits per heavy atom. The van der Waals surface area contributed by atoms with Gasteiger partial charge in [0.15, 0.2) is 5.69 Å². The molecule has 3 N–H and O–H groups in total. The summed E-state index contributed by atoms with van der Waals surface area (Å²) in [6.07, 6.45) is 1.59. The molecule has 0 atom stereocenters. The van der Waals surface area contributed by atoms with Gasteiger partial charge in [-0.25, -0.2) is 0 Å². The summed E-state index contributed by atoms with van der Waals surface area (Å²) in [4.78, 5) is 14.1. The van der Waals surface area contributed by atoms with Crippen molar-refractivity contribution in [2.24, 2.45) is 0 Å². The Balaban J connectivity index is 2.20. The third-order valence-corrected chi connectivity index (χ3v) is 3.21. The van der Waals surface area contributed by atoms with Crippen LogP contribution in [-0.2, 0) is 6.54 Å². The van der Waals surface area contributed by atoms with Crippen LogP contribution in [0, 0.1) is 0 Å². The third kappa shape index (κ3) is 2.68. The van der Waals surface area contributed by atoms with E-state index in [1.54, 1.807) is 17.2 Å². The minimum absolute atomic E-state index is 0.190. The fraction of sp³-hybridized carbons (Fsp3) is 0.429. The zero-order chi connectivity index (χ0) is 14.7. The van der Waals surface area contributed by atoms with Gasteiger partial charge in [-0.15, -0.1) is 0 Å². The first-order valence-corrected chi connectivity index (χ1v) is 6.70. The van der Waals surface area contributed by atoms with Gasteiger partial charge in [0.05, 0.1) is 24.2 Å². The van der Waals surface area contributed by atoms with E-state index in [1.165, 1.54) is 0 Å². The van der Waals surface area contributed by atoms with Crippen LogP contribution in [0.15, 0.2) is 22.8 Å². The van der Waals surface area contributed by atoms with Gasteiger partial charge in [0.1, 0.15) is 5.76 Å². The Hall–Kier alpha value is -2.24. The molecule has 6 nitrogen and oxygen atoms in total. The van der Waals surface area contributed by atoms with Crippen LogP contribution in [0.5, 0.6) is 0 Å². The van der Waals surface area contributed by atoms with Gasteiger partial charge in [-0.05, 0) is 25.0 Å². The highest BCUT2D eigenvalue weighted by molar-refractivity contribution is 5.97. The molecule has 108 valence electrons. The average Bonchev–Trinajstić information content (AvgIpc) is 3.04. The number of nitrogen functional groups attached to an aromatic ring is 1. The lowest BCUT2D eigenvalue weighted by Crippen LogP contribution is -2.31. The van der Waals surface area contributed by atoms with E-state index in [0.717, 1.165) is 11.5 Å². The predicted molar refractivity (Wildman–Crippen MR) is 76.2 cm³/mol. The molecule has 20 heavy (non-hydrogen) atoms. The SMILES string of the molecule is CCN(Cc1ccco1)C(=O)c1n[nH]c(C(C)C)c1N. The monoisotopic (exact) mass is 276 g/mol. The van der Waals surface area contributed by atoms with Crippen LogP contribution in [0.25, 0.3) is 0 Å². The van der Waals surface area contributed by atoms with E-state index in [0.29, 0.717) is 18.8 Å². The molecular formula is C14H20N4O2. The molecule has 2 heterocycles. The van der Waals surface area contributed by atoms with Gasteiger partial charge in [0.25, 0.3) is 5.91 Å². The summed E-state index contributed by atoms with van der Waals surface area (Å²) >= 11 is 0. The summed E-state index contributed by atoms with van der Waals surface area (Å²) < 4.78 is 5.27. The molecule has 0 aliphatic rings. The smallest absolute Gasteiger partial charge is 0.276 e. The maximum Gasteiger partial charge on any atom is 0.276 e. The lowest BCUT2D eigenvalue weighted by molar-refractivity contribution is 0.0736. The molecule has 2 aromatic rings. The summed E-state index contributed by atoms with van der Waals surface area (Å²) in [6, 6.07) is 3.64. The number of furan rings is 1. The largest absolute Gasteiger partial charge is 0.467 e. The van der Waals surface area contributed by atoms with Crippen molar-refractivity contribution in [2.75, 3.05) is 12.3 Å². The molecule has 6 heteroatoms. The first-order valence-electron chi connectivity index (χ1n) is 6.70. The molecule has 0 unspecified atom stereocenters. The highest BCUT2D eigenvalue weighted by Crippen LogP contribution is 2.23. The average molecular weight is 276 g/mol. The third-order valence-electron chi connectivity index (χ3n) is 3.21. The van der Waals surface area contributed by atoms with E-state index < -0.39 is 0 Å². The summed E-state index contributed by atoms with van der Waals surface area (Å²) in [7, 11) is 0. The van der Waals surface area contributed by atoms with E-state index >= 15 is 0 Å². The second-order valence-corrected chi connectivity index (χ2v) is 4.95. The molecule has 0 saturated carbocycles. The lowest BCUT2D eigenvalue weighted by atomic mass is 10.1. The number of nitrogens with one attached hydrogen (secondary N) is 1. The van der Waals surface area contributed by atoms with Gasteiger partial charge >= 0.3 is 0 Å². The molecule has 0 aliphatic carbocycles. The Morgan fingerprint density at radius 3 is 2.80 bits per heavy atom. The van der Waals surface area contributed by atoms with Crippen LogP contribution in [-0.4, -0.2) is 27.5 Å². The minimum atomic E-state index is -0.190. The van der Waals surface area contributed by atoms with E-state index in [1.807, 2.05) is 26.8 Å². The summed E-state index contributed by atoms with van der Waals surface area (Å²) in [5.74, 6) is 0.743. The van der Waals surface area contributed by atoms with Gasteiger partial charge in [-0.2, -0.15) is 5.10 Å². The minimum Gasteiger partial charge on any atom is -0.467 e. The molecular weight excluding hydrogens is 256 g/mol. The number of hydrogen-bond donors (Lipinski definition) is 2. The topological polar surface area (TPSA) is 88.2 Å². The van der Waals surface area contributed by atoms with Crippen molar-refractivity contribution in [3.8, 4) is 0 Å². The van der Waals surface area contributed by atoms with Crippen molar-refractivity contribution in [3.63, 3.8) is 0 Å². The molecule has 0 spiro atoms. The first kappa shape index (κ1) is 14.2. The zero-order valence-corrected chi connectivity index (χ0v) is 12.0. The molecule has 0 radical (unpaired) electrons. The number of carbonyl (C=O) groups is 1. The highest BCUT2D eigenvalue weighted by atomic mass is 16.3. The normalized spacial score (nSPS) is 11.0. The van der Waals surface area contributed by atoms with Gasteiger partial charge < -0.3 is 15.1 Å². The van der Waals surface area contributed by atoms with Crippen molar-refractivity contribution in [1.82, 2.24) is 15.1 Å². The number of amides is 1. The van der Waals surface area contributed by atoms with Crippen LogP contribution in [0.1, 0.15) is 48.6 Å². The van der Waals surface area contributed by atoms with E-state index in [9.17, 15) is 4.79 Å². The van der Waals surface area contributed by atoms with Crippen molar-refractivity contribution in [2.45, 2.75) is 33.2 Å². The maximum atomic E-state index is 12.5. The van der Waals surface area contributed by atoms with Crippen LogP contribution >= 0.6 is 0 Å². The van der Waals surface area contributed by atoms with Crippen LogP contribution < -0.4 is 5.73 Å². The molecule has 0 aliphatic heterocycles. The Labute approximate surface area is 117 Å². The van der Waals surface area contributed by atoms with Crippen LogP contribution in [0.4, 0.5) is 5.69 Å². The van der Waals surface area contributed by atoms with E-state index in [-0.39, 0.29) is 17.5 Å². The van der Waals surface area contributed by atoms with Gasteiger partial charge in [0.2, 0.25) is 0 Å². The first-order chi connectivity index (χ1) is 9.54. The van der Waals surface area contributed by atoms with Crippen LogP contribution in [0.2, 0.25) is 0 Å². The van der Waals surface area contributed by atoms with Crippen molar-refractivity contribution in [1.29, 1.82) is 0 Å². The highest BCUT2D eigenvalue weighted by Gasteiger charge is 2.23. The number of nitrogens with two attached hydrogens (primary N) is 1. The molecule has 1 amide bonds. The van der Waals surface area contributed by atoms with Crippen molar-refractivity contribution in [3.05, 3.63) is 35.5 Å². The van der Waals surface area contributed by atoms with Gasteiger partial charge in [0, 0.05) is 6.54 Å². The van der Waals surface area contributed by atoms with Gasteiger partial charge in [-0.1, -0.05) is 13.8 Å². The van der Waals surface area contributed by atoms with Gasteiger partial charge in [-0.3, -0.25) is 9.89 Å². The standard InChI is InChI=1S/C14H20N4O2/c1-4-18(8-10-6-5-7-20-10)14(19)13-11(15)12(9(2)3)16-17-13/h5-7,9H,4,8,15H2,1-3H3,(H,16,17). The van der Waals surface area contributed by atoms with E-state index in [4.69, 9.17) is 10.2 Å². The Kier molecular flexibility index (Phi) is 4.12. The number of hydrogen-bond acceptors (Lipinski definition) is 4. The Morgan fingerprint density at radius 2 is 2.30 bits per heavy atom. The number of nitrogens with zero attached hydrogens (tertiary/aromatic N) is 2. The maximum absolute atomic E-state index is 12.5. The van der Waals surface area contributed by atoms with Crippen molar-refractivity contribution < 1.29 is 9.21 Å². The Bertz CT molecular complexity index is 572. The zero-order valence-electron chi connectivity index (χ0n) is 12.0. The number of H-pyrrole nitrogens is 1. The molecule has 0 aromatic carbocycles. The quantitative estimate of drug-likeness (QED) is 0.877. The summed E-state index contributed by atoms with van der Waals surface area (Å²) in [5.41, 5.74) is 7.51. The molecule has 0 saturated heterocycles. The number of aromatic amines is 1. The number of anilines is 1. The predicted octanol–water partition coefficient (Wildman–Crippen LogP) is 2.37. The summed E-state index contributed by atoms with van der Waals surface area (Å²) in [5, 5.41) is 6.91.